The third-order valence-electron chi connectivity index (χ3n) is 2.03. The Bertz CT molecular complexity index is 560. The maximum absolute atomic E-state index is 12.1. The largest absolute Gasteiger partial charge is 0.468 e. The molecule has 2 rings (SSSR count). The summed E-state index contributed by atoms with van der Waals surface area (Å²) in [5, 5.41) is 0. The van der Waals surface area contributed by atoms with Crippen molar-refractivity contribution in [3.05, 3.63) is 30.6 Å². The molecule has 19 heavy (non-hydrogen) atoms. The minimum atomic E-state index is -4.44. The van der Waals surface area contributed by atoms with Crippen LogP contribution in [0, 0.1) is 0 Å². The van der Waals surface area contributed by atoms with Crippen LogP contribution in [0.25, 0.3) is 11.4 Å². The van der Waals surface area contributed by atoms with E-state index >= 15 is 0 Å². The van der Waals surface area contributed by atoms with E-state index in [2.05, 4.69) is 19.7 Å². The SMILES string of the molecule is Nc1cc(OCC(F)(F)F)nc(-c2cccnc2)n1. The molecule has 0 radical (unpaired) electrons. The van der Waals surface area contributed by atoms with Crippen LogP contribution in [-0.4, -0.2) is 27.7 Å². The van der Waals surface area contributed by atoms with Gasteiger partial charge in [0.05, 0.1) is 0 Å². The van der Waals surface area contributed by atoms with Gasteiger partial charge in [0.1, 0.15) is 5.82 Å². The number of hydrogen-bond acceptors (Lipinski definition) is 5. The molecule has 0 saturated carbocycles. The Kier molecular flexibility index (Phi) is 3.50. The molecule has 0 atom stereocenters. The standard InChI is InChI=1S/C11H9F3N4O/c12-11(13,14)6-19-9-4-8(15)17-10(18-9)7-2-1-3-16-5-7/h1-5H,6H2,(H2,15,17,18). The molecule has 0 spiro atoms. The predicted molar refractivity (Wildman–Crippen MR) is 61.2 cm³/mol. The number of anilines is 1. The molecule has 5 nitrogen and oxygen atoms in total. The second-order valence-electron chi connectivity index (χ2n) is 3.60. The van der Waals surface area contributed by atoms with Gasteiger partial charge in [0.15, 0.2) is 12.4 Å². The Hall–Kier alpha value is -2.38. The van der Waals surface area contributed by atoms with E-state index in [1.54, 1.807) is 18.3 Å². The quantitative estimate of drug-likeness (QED) is 0.924. The molecule has 2 aromatic rings. The summed E-state index contributed by atoms with van der Waals surface area (Å²) in [5.41, 5.74) is 6.04. The lowest BCUT2D eigenvalue weighted by atomic mass is 10.2. The fraction of sp³-hybridized carbons (Fsp3) is 0.182. The summed E-state index contributed by atoms with van der Waals surface area (Å²) in [4.78, 5) is 11.6. The molecule has 100 valence electrons. The number of hydrogen-bond donors (Lipinski definition) is 1. The second kappa shape index (κ2) is 5.09. The fourth-order valence-electron chi connectivity index (χ4n) is 1.30. The Morgan fingerprint density at radius 3 is 2.68 bits per heavy atom. The molecule has 0 bridgehead atoms. The number of rotatable bonds is 3. The zero-order chi connectivity index (χ0) is 13.9. The van der Waals surface area contributed by atoms with Gasteiger partial charge >= 0.3 is 6.18 Å². The van der Waals surface area contributed by atoms with Gasteiger partial charge in [-0.25, -0.2) is 4.98 Å². The highest BCUT2D eigenvalue weighted by Crippen LogP contribution is 2.21. The molecule has 0 aromatic carbocycles. The molecular formula is C11H9F3N4O. The Balaban J connectivity index is 2.25. The highest BCUT2D eigenvalue weighted by atomic mass is 19.4. The van der Waals surface area contributed by atoms with Crippen LogP contribution in [0.15, 0.2) is 30.6 Å². The number of halogens is 3. The van der Waals surface area contributed by atoms with Gasteiger partial charge in [0.2, 0.25) is 5.88 Å². The van der Waals surface area contributed by atoms with E-state index in [0.717, 1.165) is 6.07 Å². The summed E-state index contributed by atoms with van der Waals surface area (Å²) in [6.07, 6.45) is -1.41. The Labute approximate surface area is 106 Å². The van der Waals surface area contributed by atoms with Crippen molar-refractivity contribution in [2.75, 3.05) is 12.3 Å². The highest BCUT2D eigenvalue weighted by Gasteiger charge is 2.28. The van der Waals surface area contributed by atoms with Crippen LogP contribution in [0.2, 0.25) is 0 Å². The van der Waals surface area contributed by atoms with E-state index in [1.165, 1.54) is 6.20 Å². The number of nitrogen functional groups attached to an aromatic ring is 1. The van der Waals surface area contributed by atoms with Crippen molar-refractivity contribution in [3.63, 3.8) is 0 Å². The number of nitrogens with two attached hydrogens (primary N) is 1. The van der Waals surface area contributed by atoms with Crippen molar-refractivity contribution in [2.24, 2.45) is 0 Å². The monoisotopic (exact) mass is 270 g/mol. The Morgan fingerprint density at radius 1 is 1.26 bits per heavy atom. The minimum absolute atomic E-state index is 0.0195. The van der Waals surface area contributed by atoms with Crippen LogP contribution in [0.5, 0.6) is 5.88 Å². The number of pyridine rings is 1. The fourth-order valence-corrected chi connectivity index (χ4v) is 1.30. The van der Waals surface area contributed by atoms with Gasteiger partial charge in [-0.15, -0.1) is 0 Å². The van der Waals surface area contributed by atoms with Gasteiger partial charge in [0, 0.05) is 24.0 Å². The lowest BCUT2D eigenvalue weighted by Crippen LogP contribution is -2.20. The van der Waals surface area contributed by atoms with Crippen LogP contribution in [0.4, 0.5) is 19.0 Å². The molecule has 8 heteroatoms. The average Bonchev–Trinajstić information content (AvgIpc) is 2.36. The molecule has 0 aliphatic carbocycles. The van der Waals surface area contributed by atoms with Crippen molar-refractivity contribution < 1.29 is 17.9 Å². The van der Waals surface area contributed by atoms with E-state index in [1.807, 2.05) is 0 Å². The summed E-state index contributed by atoms with van der Waals surface area (Å²) in [7, 11) is 0. The van der Waals surface area contributed by atoms with Gasteiger partial charge in [-0.2, -0.15) is 18.2 Å². The first-order valence-electron chi connectivity index (χ1n) is 5.18. The highest BCUT2D eigenvalue weighted by molar-refractivity contribution is 5.56. The number of ether oxygens (including phenoxy) is 1. The molecule has 0 amide bonds. The minimum Gasteiger partial charge on any atom is -0.468 e. The van der Waals surface area contributed by atoms with Crippen molar-refractivity contribution >= 4 is 5.82 Å². The van der Waals surface area contributed by atoms with Crippen LogP contribution < -0.4 is 10.5 Å². The normalized spacial score (nSPS) is 11.3. The molecule has 0 fully saturated rings. The lowest BCUT2D eigenvalue weighted by molar-refractivity contribution is -0.154. The van der Waals surface area contributed by atoms with Crippen molar-refractivity contribution in [1.29, 1.82) is 0 Å². The molecular weight excluding hydrogens is 261 g/mol. The van der Waals surface area contributed by atoms with Crippen molar-refractivity contribution in [1.82, 2.24) is 15.0 Å². The molecule has 0 unspecified atom stereocenters. The van der Waals surface area contributed by atoms with Gasteiger partial charge in [-0.3, -0.25) is 4.98 Å². The average molecular weight is 270 g/mol. The zero-order valence-corrected chi connectivity index (χ0v) is 9.55. The first-order valence-corrected chi connectivity index (χ1v) is 5.18. The molecule has 0 aliphatic heterocycles. The maximum Gasteiger partial charge on any atom is 0.422 e. The number of aromatic nitrogens is 3. The topological polar surface area (TPSA) is 73.9 Å². The third kappa shape index (κ3) is 3.80. The first kappa shape index (κ1) is 13.1. The van der Waals surface area contributed by atoms with Crippen LogP contribution >= 0.6 is 0 Å². The second-order valence-corrected chi connectivity index (χ2v) is 3.60. The first-order chi connectivity index (χ1) is 8.94. The summed E-state index contributed by atoms with van der Waals surface area (Å²) in [5.74, 6) is -0.0556. The molecule has 0 aliphatic rings. The van der Waals surface area contributed by atoms with E-state index in [0.29, 0.717) is 5.56 Å². The van der Waals surface area contributed by atoms with E-state index in [-0.39, 0.29) is 17.5 Å². The van der Waals surface area contributed by atoms with E-state index in [4.69, 9.17) is 5.73 Å². The number of alkyl halides is 3. The number of nitrogens with zero attached hydrogens (tertiary/aromatic N) is 3. The Morgan fingerprint density at radius 2 is 2.05 bits per heavy atom. The molecule has 2 aromatic heterocycles. The van der Waals surface area contributed by atoms with Gasteiger partial charge in [0.25, 0.3) is 0 Å². The van der Waals surface area contributed by atoms with Crippen LogP contribution in [0.3, 0.4) is 0 Å². The van der Waals surface area contributed by atoms with Crippen molar-refractivity contribution in [3.8, 4) is 17.3 Å². The van der Waals surface area contributed by atoms with E-state index in [9.17, 15) is 13.2 Å². The van der Waals surface area contributed by atoms with Gasteiger partial charge < -0.3 is 10.5 Å². The zero-order valence-electron chi connectivity index (χ0n) is 9.55. The van der Waals surface area contributed by atoms with Crippen LogP contribution in [0.1, 0.15) is 0 Å². The maximum atomic E-state index is 12.1. The predicted octanol–water partition coefficient (Wildman–Crippen LogP) is 2.06. The molecule has 2 heterocycles. The van der Waals surface area contributed by atoms with E-state index < -0.39 is 12.8 Å². The van der Waals surface area contributed by atoms with Crippen molar-refractivity contribution in [2.45, 2.75) is 6.18 Å². The summed E-state index contributed by atoms with van der Waals surface area (Å²) < 4.78 is 40.7. The molecule has 2 N–H and O–H groups in total. The smallest absolute Gasteiger partial charge is 0.422 e. The lowest BCUT2D eigenvalue weighted by Gasteiger charge is -2.09. The summed E-state index contributed by atoms with van der Waals surface area (Å²) >= 11 is 0. The summed E-state index contributed by atoms with van der Waals surface area (Å²) in [6, 6.07) is 4.44. The van der Waals surface area contributed by atoms with Gasteiger partial charge in [-0.05, 0) is 12.1 Å². The third-order valence-corrected chi connectivity index (χ3v) is 2.03. The van der Waals surface area contributed by atoms with Gasteiger partial charge in [-0.1, -0.05) is 0 Å². The summed E-state index contributed by atoms with van der Waals surface area (Å²) in [6.45, 7) is -1.43. The van der Waals surface area contributed by atoms with Crippen LogP contribution in [-0.2, 0) is 0 Å². The molecule has 0 saturated heterocycles.